The molecule has 1 saturated heterocycles. The first-order valence-corrected chi connectivity index (χ1v) is 24.1. The van der Waals surface area contributed by atoms with Crippen molar-refractivity contribution in [2.24, 2.45) is 5.41 Å². The number of benzene rings is 3. The van der Waals surface area contributed by atoms with Crippen LogP contribution in [-0.4, -0.2) is 133 Å². The molecule has 1 aromatic heterocycles. The van der Waals surface area contributed by atoms with E-state index < -0.39 is 94.7 Å². The van der Waals surface area contributed by atoms with Crippen LogP contribution < -0.4 is 20.7 Å². The van der Waals surface area contributed by atoms with Crippen molar-refractivity contribution < 1.29 is 57.6 Å². The Morgan fingerprint density at radius 2 is 1.47 bits per heavy atom. The van der Waals surface area contributed by atoms with Gasteiger partial charge >= 0.3 is 24.1 Å². The number of carboxylic acid groups (broad SMARTS) is 1. The third-order valence-corrected chi connectivity index (χ3v) is 11.8. The summed E-state index contributed by atoms with van der Waals surface area (Å²) in [5.41, 5.74) is -0.755. The van der Waals surface area contributed by atoms with Crippen LogP contribution in [-0.2, 0) is 57.6 Å². The maximum absolute atomic E-state index is 14.9. The highest BCUT2D eigenvalue weighted by Gasteiger charge is 2.47. The fraction of sp³-hybridized carbons (Fsp3) is 0.491. The Hall–Kier alpha value is -7.51. The third kappa shape index (κ3) is 16.2. The van der Waals surface area contributed by atoms with Gasteiger partial charge in [-0.3, -0.25) is 19.3 Å². The largest absolute Gasteiger partial charge is 0.487 e. The minimum atomic E-state index is -1.36. The first-order chi connectivity index (χ1) is 34.1. The van der Waals surface area contributed by atoms with Gasteiger partial charge in [0.25, 0.3) is 0 Å². The average molecular weight is 1010 g/mol. The summed E-state index contributed by atoms with van der Waals surface area (Å²) in [6.07, 6.45) is 1.58. The molecule has 4 unspecified atom stereocenters. The van der Waals surface area contributed by atoms with Gasteiger partial charge in [-0.2, -0.15) is 0 Å². The van der Waals surface area contributed by atoms with Crippen LogP contribution in [0, 0.1) is 5.41 Å². The molecule has 4 N–H and O–H groups in total. The number of likely N-dealkylation sites (N-methyl/N-ethyl adjacent to an activating group) is 1. The van der Waals surface area contributed by atoms with Crippen LogP contribution in [0.4, 0.5) is 9.59 Å². The van der Waals surface area contributed by atoms with E-state index in [4.69, 9.17) is 18.9 Å². The number of nitrogens with one attached hydrogen (secondary N) is 3. The van der Waals surface area contributed by atoms with Crippen molar-refractivity contribution in [3.63, 3.8) is 0 Å². The molecule has 0 saturated carbocycles. The zero-order valence-corrected chi connectivity index (χ0v) is 43.6. The van der Waals surface area contributed by atoms with Crippen molar-refractivity contribution in [1.29, 1.82) is 0 Å². The van der Waals surface area contributed by atoms with E-state index in [0.717, 1.165) is 15.7 Å². The number of hydrogen-bond donors (Lipinski definition) is 4. The molecule has 73 heavy (non-hydrogen) atoms. The summed E-state index contributed by atoms with van der Waals surface area (Å²) >= 11 is 0. The standard InChI is InChI=1S/C53H70N8O12/c1-13-24-70-49(68)55-41(48(67)72-52(6,7)8)26-33-19-22-39(23-20-33)71-31-37-29-61(58-57-37)38-28-42(45(63)54-40(47(65)66)27-34-18-21-35-16-14-15-17-36(35)25-34)60(30-38)46(64)43(51(3,4)5)56-44(62)32(2)59(12)50(69)73-53(9,10)11/h13-23,25,29,32,38,40-43H,1,24,26-28,30-31H2,2-12H3,(H,54,63)(H,55,68)(H,56,62)(H,65,66)/t32?,38-,40?,41?,42-,43?/m0/s1. The summed E-state index contributed by atoms with van der Waals surface area (Å²) in [5, 5.41) is 29.0. The van der Waals surface area contributed by atoms with Crippen LogP contribution in [0.5, 0.6) is 5.75 Å². The molecule has 1 fully saturated rings. The Morgan fingerprint density at radius 1 is 0.836 bits per heavy atom. The Kier molecular flexibility index (Phi) is 18.4. The van der Waals surface area contributed by atoms with Crippen LogP contribution in [0.3, 0.4) is 0 Å². The number of nitrogens with zero attached hydrogens (tertiary/aromatic N) is 5. The van der Waals surface area contributed by atoms with Gasteiger partial charge < -0.3 is 44.9 Å². The Morgan fingerprint density at radius 3 is 2.08 bits per heavy atom. The summed E-state index contributed by atoms with van der Waals surface area (Å²) in [6, 6.07) is 13.6. The van der Waals surface area contributed by atoms with Crippen molar-refractivity contribution in [2.75, 3.05) is 20.2 Å². The van der Waals surface area contributed by atoms with Gasteiger partial charge in [-0.25, -0.2) is 23.9 Å². The second-order valence-corrected chi connectivity index (χ2v) is 21.2. The predicted molar refractivity (Wildman–Crippen MR) is 270 cm³/mol. The Balaban J connectivity index is 1.35. The number of aliphatic carboxylic acids is 1. The number of aromatic nitrogens is 3. The topological polar surface area (TPSA) is 250 Å². The van der Waals surface area contributed by atoms with E-state index in [1.165, 1.54) is 29.6 Å². The molecule has 0 bridgehead atoms. The maximum atomic E-state index is 14.9. The van der Waals surface area contributed by atoms with Crippen molar-refractivity contribution in [1.82, 2.24) is 40.7 Å². The van der Waals surface area contributed by atoms with Gasteiger partial charge in [0.05, 0.1) is 12.2 Å². The van der Waals surface area contributed by atoms with Crippen LogP contribution in [0.25, 0.3) is 10.8 Å². The highest BCUT2D eigenvalue weighted by atomic mass is 16.6. The van der Waals surface area contributed by atoms with E-state index in [-0.39, 0.29) is 39.0 Å². The van der Waals surface area contributed by atoms with Crippen molar-refractivity contribution in [3.8, 4) is 5.75 Å². The molecular weight excluding hydrogens is 941 g/mol. The van der Waals surface area contributed by atoms with Gasteiger partial charge in [-0.15, -0.1) is 5.10 Å². The van der Waals surface area contributed by atoms with E-state index in [9.17, 15) is 38.7 Å². The van der Waals surface area contributed by atoms with Gasteiger partial charge in [0.15, 0.2) is 0 Å². The van der Waals surface area contributed by atoms with Crippen LogP contribution >= 0.6 is 0 Å². The fourth-order valence-corrected chi connectivity index (χ4v) is 7.87. The molecule has 0 spiro atoms. The number of alkyl carbamates (subject to hydrolysis) is 1. The molecule has 0 aliphatic carbocycles. The minimum absolute atomic E-state index is 0.0126. The molecule has 5 amide bonds. The molecule has 20 heteroatoms. The third-order valence-electron chi connectivity index (χ3n) is 11.8. The molecule has 1 aliphatic heterocycles. The number of ether oxygens (including phenoxy) is 4. The Bertz CT molecular complexity index is 2630. The zero-order valence-electron chi connectivity index (χ0n) is 43.6. The monoisotopic (exact) mass is 1010 g/mol. The first kappa shape index (κ1) is 56.4. The molecule has 2 heterocycles. The number of esters is 1. The van der Waals surface area contributed by atoms with Crippen LogP contribution in [0.1, 0.15) is 98.5 Å². The molecule has 0 radical (unpaired) electrons. The van der Waals surface area contributed by atoms with E-state index in [1.807, 2.05) is 36.4 Å². The summed E-state index contributed by atoms with van der Waals surface area (Å²) in [6.45, 7) is 20.4. The highest BCUT2D eigenvalue weighted by molar-refractivity contribution is 5.95. The van der Waals surface area contributed by atoms with Crippen molar-refractivity contribution in [3.05, 3.63) is 102 Å². The molecular formula is C53H70N8O12. The van der Waals surface area contributed by atoms with Gasteiger partial charge in [0.2, 0.25) is 17.7 Å². The summed E-state index contributed by atoms with van der Waals surface area (Å²) in [7, 11) is 1.42. The van der Waals surface area contributed by atoms with E-state index in [2.05, 4.69) is 32.8 Å². The van der Waals surface area contributed by atoms with Gasteiger partial charge in [-0.05, 0) is 87.9 Å². The number of rotatable bonds is 19. The summed E-state index contributed by atoms with van der Waals surface area (Å²) in [4.78, 5) is 96.6. The lowest BCUT2D eigenvalue weighted by Gasteiger charge is -2.37. The molecule has 20 nitrogen and oxygen atoms in total. The summed E-state index contributed by atoms with van der Waals surface area (Å²) < 4.78 is 23.6. The number of fused-ring (bicyclic) bond motifs is 1. The normalized spacial score (nSPS) is 16.5. The predicted octanol–water partition coefficient (Wildman–Crippen LogP) is 5.92. The fourth-order valence-electron chi connectivity index (χ4n) is 7.87. The number of amides is 5. The zero-order chi connectivity index (χ0) is 54.0. The van der Waals surface area contributed by atoms with E-state index in [0.29, 0.717) is 22.6 Å². The highest BCUT2D eigenvalue weighted by Crippen LogP contribution is 2.32. The average Bonchev–Trinajstić information content (AvgIpc) is 3.98. The first-order valence-electron chi connectivity index (χ1n) is 24.1. The maximum Gasteiger partial charge on any atom is 0.410 e. The second kappa shape index (κ2) is 23.8. The van der Waals surface area contributed by atoms with Gasteiger partial charge in [0.1, 0.15) is 66.1 Å². The van der Waals surface area contributed by atoms with E-state index in [1.54, 1.807) is 98.8 Å². The van der Waals surface area contributed by atoms with Crippen molar-refractivity contribution in [2.45, 2.75) is 143 Å². The molecule has 3 aromatic carbocycles. The second-order valence-electron chi connectivity index (χ2n) is 21.2. The molecule has 394 valence electrons. The molecule has 5 rings (SSSR count). The lowest BCUT2D eigenvalue weighted by atomic mass is 9.85. The number of carboxylic acids is 1. The van der Waals surface area contributed by atoms with Crippen LogP contribution in [0.2, 0.25) is 0 Å². The molecule has 4 aromatic rings. The summed E-state index contributed by atoms with van der Waals surface area (Å²) in [5.74, 6) is -3.41. The minimum Gasteiger partial charge on any atom is -0.487 e. The van der Waals surface area contributed by atoms with Gasteiger partial charge in [0, 0.05) is 32.9 Å². The number of likely N-dealkylation sites (tertiary alicyclic amines) is 1. The van der Waals surface area contributed by atoms with Crippen molar-refractivity contribution >= 4 is 52.6 Å². The number of carbonyl (C=O) groups excluding carboxylic acids is 6. The molecule has 6 atom stereocenters. The van der Waals surface area contributed by atoms with Gasteiger partial charge in [-0.1, -0.05) is 93.2 Å². The molecule has 1 aliphatic rings. The lowest BCUT2D eigenvalue weighted by Crippen LogP contribution is -2.60. The van der Waals surface area contributed by atoms with Crippen LogP contribution in [0.15, 0.2) is 85.6 Å². The number of carbonyl (C=O) groups is 7. The SMILES string of the molecule is C=CCOC(=O)NC(Cc1ccc(OCc2cn([C@H]3C[C@@H](C(=O)NC(Cc4ccc5ccccc5c4)C(=O)O)N(C(=O)C(NC(=O)C(C)N(C)C(=O)OC(C)(C)C)C(C)(C)C)C3)nn2)cc1)C(=O)OC(C)(C)C. The smallest absolute Gasteiger partial charge is 0.410 e. The van der Waals surface area contributed by atoms with E-state index >= 15 is 0 Å². The Labute approximate surface area is 426 Å². The number of hydrogen-bond acceptors (Lipinski definition) is 13. The lowest BCUT2D eigenvalue weighted by molar-refractivity contribution is -0.157. The quantitative estimate of drug-likeness (QED) is 0.0484.